The monoisotopic (exact) mass is 309 g/mol. The molecule has 1 N–H and O–H groups in total. The van der Waals surface area contributed by atoms with Gasteiger partial charge in [0.25, 0.3) is 0 Å². The van der Waals surface area contributed by atoms with E-state index in [0.29, 0.717) is 5.56 Å². The number of sulfonamides is 1. The molecule has 0 saturated heterocycles. The SMILES string of the molecule is CNC(=O)C(C)CN(C)S(=O)(=O)c1cc(C#N)ccc1C. The van der Waals surface area contributed by atoms with Crippen molar-refractivity contribution in [3.63, 3.8) is 0 Å². The summed E-state index contributed by atoms with van der Waals surface area (Å²) < 4.78 is 26.2. The summed E-state index contributed by atoms with van der Waals surface area (Å²) >= 11 is 0. The molecule has 1 amide bonds. The highest BCUT2D eigenvalue weighted by atomic mass is 32.2. The first-order chi connectivity index (χ1) is 9.73. The van der Waals surface area contributed by atoms with Crippen molar-refractivity contribution in [2.75, 3.05) is 20.6 Å². The van der Waals surface area contributed by atoms with Crippen LogP contribution in [0, 0.1) is 24.2 Å². The summed E-state index contributed by atoms with van der Waals surface area (Å²) in [5.41, 5.74) is 0.848. The van der Waals surface area contributed by atoms with Gasteiger partial charge in [-0.2, -0.15) is 5.26 Å². The van der Waals surface area contributed by atoms with Crippen LogP contribution in [0.4, 0.5) is 0 Å². The summed E-state index contributed by atoms with van der Waals surface area (Å²) in [5, 5.41) is 11.4. The molecular formula is C14H19N3O3S. The maximum Gasteiger partial charge on any atom is 0.243 e. The van der Waals surface area contributed by atoms with E-state index < -0.39 is 15.9 Å². The zero-order valence-corrected chi connectivity index (χ0v) is 13.4. The lowest BCUT2D eigenvalue weighted by Gasteiger charge is -2.21. The number of nitriles is 1. The number of carbonyl (C=O) groups excluding carboxylic acids is 1. The zero-order valence-electron chi connectivity index (χ0n) is 12.5. The average molecular weight is 309 g/mol. The summed E-state index contributed by atoms with van der Waals surface area (Å²) in [6.45, 7) is 3.39. The molecule has 0 aliphatic heterocycles. The first-order valence-electron chi connectivity index (χ1n) is 6.42. The number of aryl methyl sites for hydroxylation is 1. The fourth-order valence-corrected chi connectivity index (χ4v) is 3.43. The van der Waals surface area contributed by atoms with Crippen molar-refractivity contribution in [3.05, 3.63) is 29.3 Å². The number of hydrogen-bond acceptors (Lipinski definition) is 4. The molecular weight excluding hydrogens is 290 g/mol. The number of nitrogens with one attached hydrogen (secondary N) is 1. The molecule has 0 saturated carbocycles. The van der Waals surface area contributed by atoms with Gasteiger partial charge in [-0.1, -0.05) is 13.0 Å². The number of carbonyl (C=O) groups is 1. The van der Waals surface area contributed by atoms with E-state index in [-0.39, 0.29) is 22.9 Å². The van der Waals surface area contributed by atoms with E-state index in [1.54, 1.807) is 26.0 Å². The van der Waals surface area contributed by atoms with E-state index in [1.165, 1.54) is 20.2 Å². The Hall–Kier alpha value is -1.91. The number of amides is 1. The minimum Gasteiger partial charge on any atom is -0.359 e. The summed E-state index contributed by atoms with van der Waals surface area (Å²) in [6, 6.07) is 6.45. The Labute approximate surface area is 125 Å². The van der Waals surface area contributed by atoms with Gasteiger partial charge in [0, 0.05) is 26.6 Å². The molecule has 1 unspecified atom stereocenters. The first-order valence-corrected chi connectivity index (χ1v) is 7.86. The van der Waals surface area contributed by atoms with Crippen LogP contribution in [0.3, 0.4) is 0 Å². The molecule has 1 atom stereocenters. The predicted octanol–water partition coefficient (Wildman–Crippen LogP) is 0.869. The lowest BCUT2D eigenvalue weighted by molar-refractivity contribution is -0.124. The van der Waals surface area contributed by atoms with Crippen molar-refractivity contribution < 1.29 is 13.2 Å². The molecule has 0 aliphatic rings. The Morgan fingerprint density at radius 2 is 2.10 bits per heavy atom. The molecule has 0 spiro atoms. The third kappa shape index (κ3) is 3.80. The molecule has 1 aromatic carbocycles. The number of rotatable bonds is 5. The summed E-state index contributed by atoms with van der Waals surface area (Å²) in [4.78, 5) is 11.6. The highest BCUT2D eigenvalue weighted by Crippen LogP contribution is 2.21. The van der Waals surface area contributed by atoms with Crippen LogP contribution in [-0.4, -0.2) is 39.3 Å². The Bertz CT molecular complexity index is 677. The maximum absolute atomic E-state index is 12.6. The predicted molar refractivity (Wildman–Crippen MR) is 78.9 cm³/mol. The van der Waals surface area contributed by atoms with Crippen molar-refractivity contribution >= 4 is 15.9 Å². The van der Waals surface area contributed by atoms with E-state index in [9.17, 15) is 13.2 Å². The lowest BCUT2D eigenvalue weighted by atomic mass is 10.2. The van der Waals surface area contributed by atoms with Gasteiger partial charge in [0.15, 0.2) is 0 Å². The van der Waals surface area contributed by atoms with Crippen LogP contribution in [0.5, 0.6) is 0 Å². The molecule has 0 aliphatic carbocycles. The number of benzene rings is 1. The second-order valence-corrected chi connectivity index (χ2v) is 6.91. The van der Waals surface area contributed by atoms with Gasteiger partial charge in [-0.3, -0.25) is 4.79 Å². The summed E-state index contributed by atoms with van der Waals surface area (Å²) in [5.74, 6) is -0.686. The second-order valence-electron chi connectivity index (χ2n) is 4.89. The van der Waals surface area contributed by atoms with Gasteiger partial charge in [-0.25, -0.2) is 12.7 Å². The Morgan fingerprint density at radius 3 is 2.62 bits per heavy atom. The lowest BCUT2D eigenvalue weighted by Crippen LogP contribution is -2.37. The van der Waals surface area contributed by atoms with Crippen LogP contribution in [0.25, 0.3) is 0 Å². The van der Waals surface area contributed by atoms with Crippen molar-refractivity contribution in [2.24, 2.45) is 5.92 Å². The fourth-order valence-electron chi connectivity index (χ4n) is 1.93. The van der Waals surface area contributed by atoms with Gasteiger partial charge in [-0.15, -0.1) is 0 Å². The van der Waals surface area contributed by atoms with Gasteiger partial charge in [0.1, 0.15) is 0 Å². The molecule has 0 radical (unpaired) electrons. The van der Waals surface area contributed by atoms with Gasteiger partial charge in [-0.05, 0) is 24.6 Å². The van der Waals surface area contributed by atoms with E-state index in [2.05, 4.69) is 5.32 Å². The molecule has 7 heteroatoms. The highest BCUT2D eigenvalue weighted by Gasteiger charge is 2.26. The highest BCUT2D eigenvalue weighted by molar-refractivity contribution is 7.89. The van der Waals surface area contributed by atoms with Crippen molar-refractivity contribution in [2.45, 2.75) is 18.7 Å². The number of nitrogens with zero attached hydrogens (tertiary/aromatic N) is 2. The van der Waals surface area contributed by atoms with Crippen LogP contribution >= 0.6 is 0 Å². The van der Waals surface area contributed by atoms with Gasteiger partial charge >= 0.3 is 0 Å². The van der Waals surface area contributed by atoms with Gasteiger partial charge in [0.2, 0.25) is 15.9 Å². The molecule has 0 fully saturated rings. The molecule has 1 aromatic rings. The van der Waals surface area contributed by atoms with Crippen LogP contribution in [0.2, 0.25) is 0 Å². The summed E-state index contributed by atoms with van der Waals surface area (Å²) in [6.07, 6.45) is 0. The molecule has 6 nitrogen and oxygen atoms in total. The first kappa shape index (κ1) is 17.1. The quantitative estimate of drug-likeness (QED) is 0.874. The minimum absolute atomic E-state index is 0.0677. The molecule has 21 heavy (non-hydrogen) atoms. The Morgan fingerprint density at radius 1 is 1.48 bits per heavy atom. The van der Waals surface area contributed by atoms with Crippen molar-refractivity contribution in [1.82, 2.24) is 9.62 Å². The minimum atomic E-state index is -3.74. The van der Waals surface area contributed by atoms with Crippen LogP contribution in [0.1, 0.15) is 18.1 Å². The topological polar surface area (TPSA) is 90.3 Å². The van der Waals surface area contributed by atoms with E-state index in [4.69, 9.17) is 5.26 Å². The fraction of sp³-hybridized carbons (Fsp3) is 0.429. The zero-order chi connectivity index (χ0) is 16.2. The number of hydrogen-bond donors (Lipinski definition) is 1. The Kier molecular flexibility index (Phi) is 5.47. The standard InChI is InChI=1S/C14H19N3O3S/c1-10-5-6-12(8-15)7-13(10)21(19,20)17(4)9-11(2)14(18)16-3/h5-7,11H,9H2,1-4H3,(H,16,18). The second kappa shape index (κ2) is 6.70. The Balaban J connectivity index is 3.11. The smallest absolute Gasteiger partial charge is 0.243 e. The maximum atomic E-state index is 12.6. The largest absolute Gasteiger partial charge is 0.359 e. The average Bonchev–Trinajstić information content (AvgIpc) is 2.46. The molecule has 0 heterocycles. The third-order valence-corrected chi connectivity index (χ3v) is 5.20. The third-order valence-electron chi connectivity index (χ3n) is 3.23. The molecule has 1 rings (SSSR count). The molecule has 0 aromatic heterocycles. The summed E-state index contributed by atoms with van der Waals surface area (Å²) in [7, 11) is -0.805. The van der Waals surface area contributed by atoms with Crippen molar-refractivity contribution in [3.8, 4) is 6.07 Å². The molecule has 114 valence electrons. The van der Waals surface area contributed by atoms with Crippen molar-refractivity contribution in [1.29, 1.82) is 5.26 Å². The van der Waals surface area contributed by atoms with Crippen LogP contribution in [0.15, 0.2) is 23.1 Å². The van der Waals surface area contributed by atoms with Gasteiger partial charge < -0.3 is 5.32 Å². The van der Waals surface area contributed by atoms with E-state index >= 15 is 0 Å². The van der Waals surface area contributed by atoms with E-state index in [0.717, 1.165) is 4.31 Å². The van der Waals surface area contributed by atoms with Crippen LogP contribution < -0.4 is 5.32 Å². The van der Waals surface area contributed by atoms with Crippen LogP contribution in [-0.2, 0) is 14.8 Å². The normalized spacial score (nSPS) is 12.8. The van der Waals surface area contributed by atoms with Gasteiger partial charge in [0.05, 0.1) is 16.5 Å². The van der Waals surface area contributed by atoms with E-state index in [1.807, 2.05) is 6.07 Å². The molecule has 0 bridgehead atoms.